The summed E-state index contributed by atoms with van der Waals surface area (Å²) in [6.07, 6.45) is 1.93. The van der Waals surface area contributed by atoms with Crippen LogP contribution >= 0.6 is 0 Å². The van der Waals surface area contributed by atoms with Crippen LogP contribution in [-0.2, 0) is 18.5 Å². The van der Waals surface area contributed by atoms with Crippen molar-refractivity contribution in [1.82, 2.24) is 35.4 Å². The first-order chi connectivity index (χ1) is 12.5. The van der Waals surface area contributed by atoms with Crippen molar-refractivity contribution in [2.24, 2.45) is 4.99 Å². The molecule has 0 fully saturated rings. The van der Waals surface area contributed by atoms with E-state index < -0.39 is 0 Å². The molecule has 26 heavy (non-hydrogen) atoms. The lowest BCUT2D eigenvalue weighted by atomic mass is 9.97. The number of aromatic nitrogens is 5. The van der Waals surface area contributed by atoms with Gasteiger partial charge in [0.05, 0.1) is 6.54 Å². The summed E-state index contributed by atoms with van der Waals surface area (Å²) in [5.74, 6) is 2.62. The Bertz CT molecular complexity index is 889. The van der Waals surface area contributed by atoms with Crippen molar-refractivity contribution in [2.75, 3.05) is 6.54 Å². The van der Waals surface area contributed by atoms with Crippen molar-refractivity contribution in [3.63, 3.8) is 0 Å². The Hall–Kier alpha value is -2.97. The van der Waals surface area contributed by atoms with Crippen molar-refractivity contribution in [2.45, 2.75) is 46.2 Å². The zero-order valence-electron chi connectivity index (χ0n) is 15.5. The molecule has 3 aromatic rings. The maximum atomic E-state index is 5.30. The van der Waals surface area contributed by atoms with E-state index in [1.54, 1.807) is 0 Å². The molecule has 0 saturated heterocycles. The molecule has 0 saturated carbocycles. The van der Waals surface area contributed by atoms with Crippen molar-refractivity contribution >= 4 is 11.6 Å². The third kappa shape index (κ3) is 4.16. The average molecular weight is 356 g/mol. The van der Waals surface area contributed by atoms with Crippen molar-refractivity contribution in [3.05, 3.63) is 41.9 Å². The molecule has 0 atom stereocenters. The van der Waals surface area contributed by atoms with E-state index in [9.17, 15) is 0 Å². The van der Waals surface area contributed by atoms with Gasteiger partial charge in [0.2, 0.25) is 5.89 Å². The number of nitrogens with one attached hydrogen (secondary N) is 2. The van der Waals surface area contributed by atoms with Crippen LogP contribution in [0.5, 0.6) is 0 Å². The lowest BCUT2D eigenvalue weighted by molar-refractivity contribution is 0.318. The van der Waals surface area contributed by atoms with Crippen molar-refractivity contribution in [1.29, 1.82) is 0 Å². The fraction of sp³-hybridized carbons (Fsp3) is 0.471. The van der Waals surface area contributed by atoms with Gasteiger partial charge in [-0.3, -0.25) is 4.40 Å². The quantitative estimate of drug-likeness (QED) is 0.529. The summed E-state index contributed by atoms with van der Waals surface area (Å²) in [6.45, 7) is 9.67. The van der Waals surface area contributed by atoms with Crippen LogP contribution in [0.4, 0.5) is 0 Å². The minimum absolute atomic E-state index is 0.174. The van der Waals surface area contributed by atoms with E-state index in [1.807, 2.05) is 56.5 Å². The second-order valence-corrected chi connectivity index (χ2v) is 6.86. The fourth-order valence-electron chi connectivity index (χ4n) is 2.29. The molecular weight excluding hydrogens is 332 g/mol. The summed E-state index contributed by atoms with van der Waals surface area (Å²) in [4.78, 5) is 8.91. The molecule has 0 aliphatic rings. The van der Waals surface area contributed by atoms with Crippen LogP contribution in [0.25, 0.3) is 5.65 Å². The molecular formula is C17H24N8O. The Kier molecular flexibility index (Phi) is 5.15. The first kappa shape index (κ1) is 17.8. The van der Waals surface area contributed by atoms with Gasteiger partial charge in [-0.1, -0.05) is 32.0 Å². The van der Waals surface area contributed by atoms with Crippen LogP contribution in [0.15, 0.2) is 33.9 Å². The second-order valence-electron chi connectivity index (χ2n) is 6.86. The lowest BCUT2D eigenvalue weighted by Gasteiger charge is -2.10. The average Bonchev–Trinajstić information content (AvgIpc) is 3.24. The van der Waals surface area contributed by atoms with Gasteiger partial charge in [0.15, 0.2) is 23.3 Å². The molecule has 0 unspecified atom stereocenters. The van der Waals surface area contributed by atoms with Gasteiger partial charge in [-0.2, -0.15) is 4.98 Å². The summed E-state index contributed by atoms with van der Waals surface area (Å²) < 4.78 is 7.23. The Balaban J connectivity index is 1.66. The molecule has 0 spiro atoms. The van der Waals surface area contributed by atoms with E-state index in [0.717, 1.165) is 18.0 Å². The van der Waals surface area contributed by atoms with Gasteiger partial charge in [-0.15, -0.1) is 10.2 Å². The summed E-state index contributed by atoms with van der Waals surface area (Å²) in [5.41, 5.74) is 0.639. The number of pyridine rings is 1. The summed E-state index contributed by atoms with van der Waals surface area (Å²) >= 11 is 0. The molecule has 0 amide bonds. The summed E-state index contributed by atoms with van der Waals surface area (Å²) in [6, 6.07) is 5.80. The molecule has 138 valence electrons. The van der Waals surface area contributed by atoms with E-state index in [0.29, 0.717) is 30.8 Å². The number of rotatable bonds is 5. The Labute approximate surface area is 151 Å². The third-order valence-electron chi connectivity index (χ3n) is 3.63. The van der Waals surface area contributed by atoms with Gasteiger partial charge in [0, 0.05) is 18.2 Å². The van der Waals surface area contributed by atoms with Gasteiger partial charge in [0.1, 0.15) is 6.54 Å². The predicted octanol–water partition coefficient (Wildman–Crippen LogP) is 1.67. The fourth-order valence-corrected chi connectivity index (χ4v) is 2.29. The highest BCUT2D eigenvalue weighted by Crippen LogP contribution is 2.19. The van der Waals surface area contributed by atoms with Gasteiger partial charge >= 0.3 is 0 Å². The minimum Gasteiger partial charge on any atom is -0.357 e. The van der Waals surface area contributed by atoms with Crippen LogP contribution in [-0.4, -0.2) is 37.2 Å². The van der Waals surface area contributed by atoms with Crippen molar-refractivity contribution < 1.29 is 4.52 Å². The summed E-state index contributed by atoms with van der Waals surface area (Å²) in [7, 11) is 0. The molecule has 9 heteroatoms. The second kappa shape index (κ2) is 7.51. The third-order valence-corrected chi connectivity index (χ3v) is 3.63. The SMILES string of the molecule is CCNC(=NCc1noc(C(C)(C)C)n1)NCc1nnc2ccccn12. The van der Waals surface area contributed by atoms with Crippen molar-refractivity contribution in [3.8, 4) is 0 Å². The maximum Gasteiger partial charge on any atom is 0.232 e. The van der Waals surface area contributed by atoms with Gasteiger partial charge < -0.3 is 15.2 Å². The van der Waals surface area contributed by atoms with Gasteiger partial charge in [-0.05, 0) is 19.1 Å². The van der Waals surface area contributed by atoms with Crippen LogP contribution in [0.3, 0.4) is 0 Å². The molecule has 3 rings (SSSR count). The van der Waals surface area contributed by atoms with Gasteiger partial charge in [0.25, 0.3) is 0 Å². The minimum atomic E-state index is -0.174. The van der Waals surface area contributed by atoms with E-state index in [-0.39, 0.29) is 5.41 Å². The standard InChI is InChI=1S/C17H24N8O/c1-5-18-16(19-10-12-21-15(26-24-12)17(2,3)4)20-11-14-23-22-13-8-6-7-9-25(13)14/h6-9H,5,10-11H2,1-4H3,(H2,18,19,20). The largest absolute Gasteiger partial charge is 0.357 e. The number of hydrogen-bond donors (Lipinski definition) is 2. The van der Waals surface area contributed by atoms with Crippen LogP contribution in [0.2, 0.25) is 0 Å². The first-order valence-corrected chi connectivity index (χ1v) is 8.61. The molecule has 0 aliphatic heterocycles. The smallest absolute Gasteiger partial charge is 0.232 e. The summed E-state index contributed by atoms with van der Waals surface area (Å²) in [5, 5.41) is 18.8. The molecule has 0 aromatic carbocycles. The van der Waals surface area contributed by atoms with Crippen LogP contribution in [0.1, 0.15) is 45.2 Å². The Morgan fingerprint density at radius 2 is 2.08 bits per heavy atom. The highest BCUT2D eigenvalue weighted by atomic mass is 16.5. The Morgan fingerprint density at radius 3 is 2.81 bits per heavy atom. The highest BCUT2D eigenvalue weighted by molar-refractivity contribution is 5.79. The van der Waals surface area contributed by atoms with E-state index in [4.69, 9.17) is 4.52 Å². The topological polar surface area (TPSA) is 106 Å². The normalized spacial score (nSPS) is 12.5. The monoisotopic (exact) mass is 356 g/mol. The number of fused-ring (bicyclic) bond motifs is 1. The zero-order valence-corrected chi connectivity index (χ0v) is 15.5. The van der Waals surface area contributed by atoms with E-state index in [2.05, 4.69) is 36.0 Å². The van der Waals surface area contributed by atoms with Gasteiger partial charge in [-0.25, -0.2) is 4.99 Å². The zero-order chi connectivity index (χ0) is 18.6. The number of guanidine groups is 1. The molecule has 3 aromatic heterocycles. The number of aliphatic imine (C=N–C) groups is 1. The number of nitrogens with zero attached hydrogens (tertiary/aromatic N) is 6. The van der Waals surface area contributed by atoms with Crippen LogP contribution < -0.4 is 10.6 Å². The Morgan fingerprint density at radius 1 is 1.23 bits per heavy atom. The molecule has 9 nitrogen and oxygen atoms in total. The molecule has 0 radical (unpaired) electrons. The molecule has 0 bridgehead atoms. The molecule has 2 N–H and O–H groups in total. The highest BCUT2D eigenvalue weighted by Gasteiger charge is 2.21. The maximum absolute atomic E-state index is 5.30. The predicted molar refractivity (Wildman–Crippen MR) is 97.6 cm³/mol. The number of hydrogen-bond acceptors (Lipinski definition) is 6. The van der Waals surface area contributed by atoms with E-state index >= 15 is 0 Å². The molecule has 0 aliphatic carbocycles. The first-order valence-electron chi connectivity index (χ1n) is 8.61. The lowest BCUT2D eigenvalue weighted by Crippen LogP contribution is -2.37. The van der Waals surface area contributed by atoms with E-state index in [1.165, 1.54) is 0 Å². The molecule has 3 heterocycles. The van der Waals surface area contributed by atoms with Crippen LogP contribution in [0, 0.1) is 0 Å².